The Morgan fingerprint density at radius 2 is 1.71 bits per heavy atom. The van der Waals surface area contributed by atoms with E-state index in [1.165, 1.54) is 27.8 Å². The van der Waals surface area contributed by atoms with Gasteiger partial charge < -0.3 is 10.2 Å². The summed E-state index contributed by atoms with van der Waals surface area (Å²) in [6.07, 6.45) is 10.5. The van der Waals surface area contributed by atoms with Crippen molar-refractivity contribution in [3.63, 3.8) is 0 Å². The number of likely N-dealkylation sites (N-methyl/N-ethyl adjacent to an activating group) is 1. The summed E-state index contributed by atoms with van der Waals surface area (Å²) in [4.78, 5) is 23.6. The normalized spacial score (nSPS) is 20.0. The molecule has 2 heterocycles. The second-order valence-electron chi connectivity index (χ2n) is 9.64. The zero-order valence-corrected chi connectivity index (χ0v) is 20.6. The lowest BCUT2D eigenvalue weighted by Crippen LogP contribution is -2.54. The molecule has 10 heteroatoms. The third kappa shape index (κ3) is 4.48. The van der Waals surface area contributed by atoms with Gasteiger partial charge in [0.25, 0.3) is 0 Å². The molecule has 2 aliphatic carbocycles. The number of fused-ring (bicyclic) bond motifs is 2. The van der Waals surface area contributed by atoms with Gasteiger partial charge in [-0.15, -0.1) is 0 Å². The van der Waals surface area contributed by atoms with Crippen LogP contribution in [0.2, 0.25) is 0 Å². The molecular formula is C24H32N6O3S. The maximum Gasteiger partial charge on any atom is 0.334 e. The maximum atomic E-state index is 13.6. The van der Waals surface area contributed by atoms with E-state index in [-0.39, 0.29) is 6.04 Å². The van der Waals surface area contributed by atoms with Crippen molar-refractivity contribution in [2.75, 3.05) is 29.8 Å². The number of anilines is 2. The van der Waals surface area contributed by atoms with Crippen molar-refractivity contribution in [1.82, 2.24) is 19.6 Å². The largest absolute Gasteiger partial charge is 0.334 e. The number of hydrogen-bond donors (Lipinski definition) is 2. The van der Waals surface area contributed by atoms with Crippen molar-refractivity contribution in [3.8, 4) is 0 Å². The molecule has 0 bridgehead atoms. The third-order valence-electron chi connectivity index (χ3n) is 7.15. The van der Waals surface area contributed by atoms with Gasteiger partial charge in [0.15, 0.2) is 0 Å². The van der Waals surface area contributed by atoms with E-state index in [0.717, 1.165) is 68.3 Å². The number of piperidine rings is 1. The Kier molecular flexibility index (Phi) is 6.20. The van der Waals surface area contributed by atoms with E-state index in [1.807, 2.05) is 7.05 Å². The van der Waals surface area contributed by atoms with Gasteiger partial charge in [0.2, 0.25) is 0 Å². The topological polar surface area (TPSA) is 108 Å². The molecule has 1 unspecified atom stereocenters. The summed E-state index contributed by atoms with van der Waals surface area (Å²) in [5.74, 6) is 0.555. The van der Waals surface area contributed by atoms with Crippen LogP contribution in [-0.4, -0.2) is 55.5 Å². The Bertz CT molecular complexity index is 1170. The van der Waals surface area contributed by atoms with Crippen LogP contribution in [0.1, 0.15) is 53.8 Å². The van der Waals surface area contributed by atoms with Crippen molar-refractivity contribution < 1.29 is 13.2 Å². The molecular weight excluding hydrogens is 452 g/mol. The van der Waals surface area contributed by atoms with E-state index in [2.05, 4.69) is 31.0 Å². The van der Waals surface area contributed by atoms with Crippen LogP contribution in [0, 0.1) is 6.92 Å². The zero-order chi connectivity index (χ0) is 23.9. The summed E-state index contributed by atoms with van der Waals surface area (Å²) >= 11 is 0. The van der Waals surface area contributed by atoms with Crippen molar-refractivity contribution in [2.45, 2.75) is 64.3 Å². The summed E-state index contributed by atoms with van der Waals surface area (Å²) in [6.45, 7) is 3.22. The number of hydrogen-bond acceptors (Lipinski definition) is 6. The highest BCUT2D eigenvalue weighted by Crippen LogP contribution is 2.38. The SMILES string of the molecule is Cc1ncc(N(C2CCCN(C)C2)S(=O)(=O)NC(=O)Nc2c3c(cc4c2CCC4)CCC3)cn1. The van der Waals surface area contributed by atoms with E-state index < -0.39 is 16.2 Å². The van der Waals surface area contributed by atoms with Gasteiger partial charge in [-0.25, -0.2) is 23.8 Å². The lowest BCUT2D eigenvalue weighted by Gasteiger charge is -2.37. The smallest absolute Gasteiger partial charge is 0.307 e. The number of carbonyl (C=O) groups excluding carboxylic acids is 1. The second kappa shape index (κ2) is 9.14. The van der Waals surface area contributed by atoms with Crippen molar-refractivity contribution in [1.29, 1.82) is 0 Å². The lowest BCUT2D eigenvalue weighted by molar-refractivity contribution is 0.251. The Labute approximate surface area is 201 Å². The molecule has 3 aliphatic rings. The number of benzene rings is 1. The average molecular weight is 485 g/mol. The predicted octanol–water partition coefficient (Wildman–Crippen LogP) is 2.73. The van der Waals surface area contributed by atoms with E-state index in [4.69, 9.17) is 0 Å². The fourth-order valence-corrected chi connectivity index (χ4v) is 6.97. The number of aryl methyl sites for hydroxylation is 3. The number of urea groups is 1. The first-order valence-electron chi connectivity index (χ1n) is 12.1. The summed E-state index contributed by atoms with van der Waals surface area (Å²) < 4.78 is 30.7. The highest BCUT2D eigenvalue weighted by Gasteiger charge is 2.35. The van der Waals surface area contributed by atoms with Crippen LogP contribution in [-0.2, 0) is 35.9 Å². The first kappa shape index (κ1) is 23.0. The van der Waals surface area contributed by atoms with Crippen molar-refractivity contribution >= 4 is 27.6 Å². The minimum absolute atomic E-state index is 0.319. The van der Waals surface area contributed by atoms with E-state index in [0.29, 0.717) is 24.5 Å². The summed E-state index contributed by atoms with van der Waals surface area (Å²) in [7, 11) is -2.22. The highest BCUT2D eigenvalue weighted by molar-refractivity contribution is 7.91. The Balaban J connectivity index is 1.42. The molecule has 0 radical (unpaired) electrons. The van der Waals surface area contributed by atoms with Crippen LogP contribution in [0.5, 0.6) is 0 Å². The lowest BCUT2D eigenvalue weighted by atomic mass is 9.99. The highest BCUT2D eigenvalue weighted by atomic mass is 32.2. The molecule has 0 spiro atoms. The molecule has 0 saturated carbocycles. The molecule has 1 aromatic carbocycles. The zero-order valence-electron chi connectivity index (χ0n) is 19.8. The van der Waals surface area contributed by atoms with Crippen LogP contribution in [0.4, 0.5) is 16.2 Å². The molecule has 2 N–H and O–H groups in total. The number of likely N-dealkylation sites (tertiary alicyclic amines) is 1. The molecule has 1 aliphatic heterocycles. The molecule has 2 aromatic rings. The molecule has 1 fully saturated rings. The fraction of sp³-hybridized carbons (Fsp3) is 0.542. The van der Waals surface area contributed by atoms with Gasteiger partial charge in [-0.2, -0.15) is 8.42 Å². The number of carbonyl (C=O) groups is 1. The molecule has 5 rings (SSSR count). The van der Waals surface area contributed by atoms with Gasteiger partial charge in [-0.3, -0.25) is 0 Å². The molecule has 2 amide bonds. The Morgan fingerprint density at radius 1 is 1.06 bits per heavy atom. The van der Waals surface area contributed by atoms with Crippen LogP contribution >= 0.6 is 0 Å². The first-order valence-corrected chi connectivity index (χ1v) is 13.5. The van der Waals surface area contributed by atoms with E-state index in [1.54, 1.807) is 6.92 Å². The summed E-state index contributed by atoms with van der Waals surface area (Å²) in [5.41, 5.74) is 6.05. The summed E-state index contributed by atoms with van der Waals surface area (Å²) in [5, 5.41) is 2.93. The standard InChI is InChI=1S/C24H32N6O3S/c1-16-25-13-20(14-26-16)30(19-8-5-11-29(2)15-19)34(32,33)28-24(31)27-23-21-9-3-6-17(21)12-18-7-4-10-22(18)23/h12-14,19H,3-11,15H2,1-2H3,(H2,27,28,31). The first-order chi connectivity index (χ1) is 16.3. The van der Waals surface area contributed by atoms with Crippen molar-refractivity contribution in [2.24, 2.45) is 0 Å². The minimum atomic E-state index is -4.19. The van der Waals surface area contributed by atoms with Gasteiger partial charge in [0, 0.05) is 12.2 Å². The van der Waals surface area contributed by atoms with Crippen molar-refractivity contribution in [3.05, 3.63) is 46.5 Å². The van der Waals surface area contributed by atoms with E-state index >= 15 is 0 Å². The quantitative estimate of drug-likeness (QED) is 0.676. The second-order valence-corrected chi connectivity index (χ2v) is 11.2. The van der Waals surface area contributed by atoms with Gasteiger partial charge in [-0.05, 0) is 94.1 Å². The number of nitrogens with zero attached hydrogens (tertiary/aromatic N) is 4. The third-order valence-corrected chi connectivity index (χ3v) is 8.62. The molecule has 1 atom stereocenters. The van der Waals surface area contributed by atoms with Crippen LogP contribution in [0.15, 0.2) is 18.5 Å². The van der Waals surface area contributed by atoms with Gasteiger partial charge >= 0.3 is 16.2 Å². The minimum Gasteiger partial charge on any atom is -0.307 e. The van der Waals surface area contributed by atoms with Gasteiger partial charge in [0.05, 0.1) is 24.1 Å². The number of nitrogens with one attached hydrogen (secondary N) is 2. The number of amides is 2. The summed E-state index contributed by atoms with van der Waals surface area (Å²) in [6, 6.07) is 1.24. The molecule has 182 valence electrons. The Hall–Kier alpha value is -2.72. The molecule has 1 saturated heterocycles. The van der Waals surface area contributed by atoms with Gasteiger partial charge in [0.1, 0.15) is 5.82 Å². The number of aromatic nitrogens is 2. The maximum absolute atomic E-state index is 13.6. The van der Waals surface area contributed by atoms with Crippen LogP contribution in [0.25, 0.3) is 0 Å². The molecule has 9 nitrogen and oxygen atoms in total. The van der Waals surface area contributed by atoms with Crippen LogP contribution in [0.3, 0.4) is 0 Å². The fourth-order valence-electron chi connectivity index (χ4n) is 5.65. The van der Waals surface area contributed by atoms with Crippen LogP contribution < -0.4 is 14.3 Å². The number of rotatable bonds is 5. The predicted molar refractivity (Wildman–Crippen MR) is 131 cm³/mol. The van der Waals surface area contributed by atoms with Gasteiger partial charge in [-0.1, -0.05) is 6.07 Å². The average Bonchev–Trinajstić information content (AvgIpc) is 3.44. The monoisotopic (exact) mass is 484 g/mol. The van der Waals surface area contributed by atoms with E-state index in [9.17, 15) is 13.2 Å². The molecule has 1 aromatic heterocycles. The molecule has 34 heavy (non-hydrogen) atoms. The Morgan fingerprint density at radius 3 is 2.32 bits per heavy atom.